The van der Waals surface area contributed by atoms with Gasteiger partial charge in [0.15, 0.2) is 0 Å². The summed E-state index contributed by atoms with van der Waals surface area (Å²) in [5, 5.41) is 4.02. The maximum Gasteiger partial charge on any atom is 0.236 e. The Morgan fingerprint density at radius 1 is 1.70 bits per heavy atom. The highest BCUT2D eigenvalue weighted by Gasteiger charge is 2.04. The van der Waals surface area contributed by atoms with Gasteiger partial charge in [-0.3, -0.25) is 0 Å². The normalized spacial score (nSPS) is 11.0. The molecule has 0 saturated carbocycles. The molecule has 0 radical (unpaired) electrons. The standard InChI is InChI=1S/C6H5BrN2O/c1-4-3-9-6(10-4)5(7)2-8-9/h2-3H,1H3. The van der Waals surface area contributed by atoms with Crippen molar-refractivity contribution >= 4 is 21.6 Å². The van der Waals surface area contributed by atoms with Crippen molar-refractivity contribution in [3.63, 3.8) is 0 Å². The van der Waals surface area contributed by atoms with E-state index in [2.05, 4.69) is 21.0 Å². The van der Waals surface area contributed by atoms with Gasteiger partial charge in [-0.25, -0.2) is 4.52 Å². The second kappa shape index (κ2) is 1.85. The van der Waals surface area contributed by atoms with Gasteiger partial charge in [0.2, 0.25) is 5.71 Å². The molecule has 0 aliphatic carbocycles. The van der Waals surface area contributed by atoms with Crippen LogP contribution in [0.4, 0.5) is 0 Å². The lowest BCUT2D eigenvalue weighted by Crippen LogP contribution is -1.75. The first-order valence-corrected chi connectivity index (χ1v) is 3.66. The summed E-state index contributed by atoms with van der Waals surface area (Å²) in [6, 6.07) is 0. The van der Waals surface area contributed by atoms with E-state index in [1.54, 1.807) is 10.7 Å². The van der Waals surface area contributed by atoms with E-state index in [1.807, 2.05) is 13.1 Å². The zero-order valence-corrected chi connectivity index (χ0v) is 6.92. The van der Waals surface area contributed by atoms with Gasteiger partial charge in [-0.2, -0.15) is 5.10 Å². The van der Waals surface area contributed by atoms with Gasteiger partial charge in [0.05, 0.1) is 12.4 Å². The van der Waals surface area contributed by atoms with Gasteiger partial charge in [-0.05, 0) is 22.9 Å². The summed E-state index contributed by atoms with van der Waals surface area (Å²) >= 11 is 3.30. The second-order valence-electron chi connectivity index (χ2n) is 2.08. The Hall–Kier alpha value is -0.770. The van der Waals surface area contributed by atoms with Crippen molar-refractivity contribution in [3.05, 3.63) is 22.6 Å². The van der Waals surface area contributed by atoms with Crippen LogP contribution in [0.2, 0.25) is 0 Å². The van der Waals surface area contributed by atoms with Crippen LogP contribution in [0.3, 0.4) is 0 Å². The first-order chi connectivity index (χ1) is 4.77. The van der Waals surface area contributed by atoms with Gasteiger partial charge in [-0.15, -0.1) is 0 Å². The molecule has 0 fully saturated rings. The lowest BCUT2D eigenvalue weighted by molar-refractivity contribution is 0.571. The van der Waals surface area contributed by atoms with E-state index in [0.717, 1.165) is 15.9 Å². The minimum atomic E-state index is 0.762. The lowest BCUT2D eigenvalue weighted by atomic mass is 10.6. The predicted molar refractivity (Wildman–Crippen MR) is 39.9 cm³/mol. The molecule has 2 rings (SSSR count). The number of nitrogens with zero attached hydrogens (tertiary/aromatic N) is 2. The van der Waals surface area contributed by atoms with Gasteiger partial charge in [0.25, 0.3) is 0 Å². The molecule has 0 N–H and O–H groups in total. The fourth-order valence-electron chi connectivity index (χ4n) is 0.869. The van der Waals surface area contributed by atoms with Crippen LogP contribution in [0.1, 0.15) is 5.76 Å². The molecule has 52 valence electrons. The zero-order valence-electron chi connectivity index (χ0n) is 5.34. The van der Waals surface area contributed by atoms with Crippen molar-refractivity contribution in [3.8, 4) is 0 Å². The molecule has 0 saturated heterocycles. The van der Waals surface area contributed by atoms with Gasteiger partial charge >= 0.3 is 0 Å². The molecule has 2 aromatic heterocycles. The van der Waals surface area contributed by atoms with Crippen molar-refractivity contribution in [2.45, 2.75) is 6.92 Å². The molecule has 0 bridgehead atoms. The van der Waals surface area contributed by atoms with E-state index in [-0.39, 0.29) is 0 Å². The molecule has 3 nitrogen and oxygen atoms in total. The third-order valence-electron chi connectivity index (χ3n) is 1.27. The number of rotatable bonds is 0. The number of hydrogen-bond donors (Lipinski definition) is 0. The monoisotopic (exact) mass is 200 g/mol. The SMILES string of the molecule is Cc1cn2ncc(Br)c2o1. The van der Waals surface area contributed by atoms with E-state index >= 15 is 0 Å². The Labute approximate surface area is 65.8 Å². The van der Waals surface area contributed by atoms with E-state index in [0.29, 0.717) is 0 Å². The van der Waals surface area contributed by atoms with E-state index in [9.17, 15) is 0 Å². The molecule has 0 aliphatic heterocycles. The molecule has 0 aliphatic rings. The third-order valence-corrected chi connectivity index (χ3v) is 1.81. The molecular formula is C6H5BrN2O. The molecule has 0 aromatic carbocycles. The highest BCUT2D eigenvalue weighted by Crippen LogP contribution is 2.18. The van der Waals surface area contributed by atoms with Gasteiger partial charge in [0, 0.05) is 0 Å². The fourth-order valence-corrected chi connectivity index (χ4v) is 1.22. The Bertz CT molecular complexity index is 363. The van der Waals surface area contributed by atoms with Crippen LogP contribution < -0.4 is 0 Å². The Morgan fingerprint density at radius 2 is 2.50 bits per heavy atom. The predicted octanol–water partition coefficient (Wildman–Crippen LogP) is 2.00. The topological polar surface area (TPSA) is 30.4 Å². The van der Waals surface area contributed by atoms with Crippen LogP contribution in [0.25, 0.3) is 5.71 Å². The first kappa shape index (κ1) is 5.97. The number of fused-ring (bicyclic) bond motifs is 1. The van der Waals surface area contributed by atoms with Crippen molar-refractivity contribution in [1.29, 1.82) is 0 Å². The maximum atomic E-state index is 5.29. The number of aryl methyl sites for hydroxylation is 1. The maximum absolute atomic E-state index is 5.29. The van der Waals surface area contributed by atoms with Crippen LogP contribution >= 0.6 is 15.9 Å². The highest BCUT2D eigenvalue weighted by atomic mass is 79.9. The molecule has 10 heavy (non-hydrogen) atoms. The van der Waals surface area contributed by atoms with Gasteiger partial charge in [-0.1, -0.05) is 0 Å². The number of aromatic nitrogens is 2. The van der Waals surface area contributed by atoms with Crippen molar-refractivity contribution in [1.82, 2.24) is 9.61 Å². The quantitative estimate of drug-likeness (QED) is 0.652. The molecule has 0 spiro atoms. The average molecular weight is 201 g/mol. The van der Waals surface area contributed by atoms with Crippen LogP contribution in [0, 0.1) is 6.92 Å². The minimum absolute atomic E-state index is 0.762. The Morgan fingerprint density at radius 3 is 3.20 bits per heavy atom. The Kier molecular flexibility index (Phi) is 1.11. The summed E-state index contributed by atoms with van der Waals surface area (Å²) in [5.41, 5.74) is 0.762. The largest absolute Gasteiger partial charge is 0.441 e. The van der Waals surface area contributed by atoms with Crippen LogP contribution in [-0.2, 0) is 0 Å². The molecule has 2 aromatic rings. The molecule has 0 unspecified atom stereocenters. The van der Waals surface area contributed by atoms with Crippen LogP contribution in [0.5, 0.6) is 0 Å². The van der Waals surface area contributed by atoms with Gasteiger partial charge in [0.1, 0.15) is 10.2 Å². The smallest absolute Gasteiger partial charge is 0.236 e. The van der Waals surface area contributed by atoms with Crippen LogP contribution in [0.15, 0.2) is 21.3 Å². The molecule has 0 amide bonds. The Balaban J connectivity index is 2.90. The van der Waals surface area contributed by atoms with Crippen molar-refractivity contribution in [2.24, 2.45) is 0 Å². The molecule has 2 heterocycles. The summed E-state index contributed by atoms with van der Waals surface area (Å²) in [7, 11) is 0. The van der Waals surface area contributed by atoms with Crippen LogP contribution in [-0.4, -0.2) is 9.61 Å². The summed E-state index contributed by atoms with van der Waals surface area (Å²) in [4.78, 5) is 0. The summed E-state index contributed by atoms with van der Waals surface area (Å²) < 4.78 is 7.88. The molecule has 0 atom stereocenters. The number of halogens is 1. The highest BCUT2D eigenvalue weighted by molar-refractivity contribution is 9.10. The van der Waals surface area contributed by atoms with E-state index in [1.165, 1.54) is 0 Å². The molecular weight excluding hydrogens is 196 g/mol. The first-order valence-electron chi connectivity index (χ1n) is 2.86. The van der Waals surface area contributed by atoms with Crippen molar-refractivity contribution < 1.29 is 4.42 Å². The zero-order chi connectivity index (χ0) is 7.14. The fraction of sp³-hybridized carbons (Fsp3) is 0.167. The summed E-state index contributed by atoms with van der Waals surface area (Å²) in [6.07, 6.45) is 3.54. The summed E-state index contributed by atoms with van der Waals surface area (Å²) in [5.74, 6) is 0.865. The second-order valence-corrected chi connectivity index (χ2v) is 2.94. The number of hydrogen-bond acceptors (Lipinski definition) is 2. The van der Waals surface area contributed by atoms with E-state index < -0.39 is 0 Å². The molecule has 4 heteroatoms. The van der Waals surface area contributed by atoms with E-state index in [4.69, 9.17) is 4.42 Å². The van der Waals surface area contributed by atoms with Gasteiger partial charge < -0.3 is 4.42 Å². The minimum Gasteiger partial charge on any atom is -0.441 e. The third kappa shape index (κ3) is 0.686. The van der Waals surface area contributed by atoms with Crippen molar-refractivity contribution in [2.75, 3.05) is 0 Å². The average Bonchev–Trinajstić information content (AvgIpc) is 2.35. The lowest BCUT2D eigenvalue weighted by Gasteiger charge is -1.76. The summed E-state index contributed by atoms with van der Waals surface area (Å²) in [6.45, 7) is 1.89. The number of oxazole rings is 1.